The van der Waals surface area contributed by atoms with Gasteiger partial charge in [0.15, 0.2) is 0 Å². The average Bonchev–Trinajstić information content (AvgIpc) is 3.53. The monoisotopic (exact) mass is 618 g/mol. The number of hydrogen-bond donors (Lipinski definition) is 0. The Balaban J connectivity index is 1.33. The maximum atomic E-state index is 2.43. The summed E-state index contributed by atoms with van der Waals surface area (Å²) in [6, 6.07) is 65.5. The van der Waals surface area contributed by atoms with Gasteiger partial charge in [0.25, 0.3) is 0 Å². The fourth-order valence-electron chi connectivity index (χ4n) is 6.95. The van der Waals surface area contributed by atoms with Crippen LogP contribution in [0.1, 0.15) is 0 Å². The van der Waals surface area contributed by atoms with Crippen LogP contribution in [0.25, 0.3) is 41.7 Å². The molecule has 0 saturated heterocycles. The smallest absolute Gasteiger partial charge is 0.0640 e. The van der Waals surface area contributed by atoms with Gasteiger partial charge in [-0.15, -0.1) is 11.3 Å². The van der Waals surface area contributed by atoms with Gasteiger partial charge >= 0.3 is 0 Å². The second-order valence-corrected chi connectivity index (χ2v) is 12.8. The fraction of sp³-hybridized carbons (Fsp3) is 0. The van der Waals surface area contributed by atoms with Crippen LogP contribution >= 0.6 is 11.3 Å². The Labute approximate surface area is 278 Å². The van der Waals surface area contributed by atoms with E-state index in [0.29, 0.717) is 0 Å². The minimum Gasteiger partial charge on any atom is -0.309 e. The molecule has 8 aromatic carbocycles. The summed E-state index contributed by atoms with van der Waals surface area (Å²) in [6.07, 6.45) is 0. The van der Waals surface area contributed by atoms with Crippen LogP contribution in [-0.4, -0.2) is 0 Å². The third-order valence-electron chi connectivity index (χ3n) is 9.01. The molecule has 0 aliphatic heterocycles. The highest BCUT2D eigenvalue weighted by Gasteiger charge is 2.23. The summed E-state index contributed by atoms with van der Waals surface area (Å²) in [6.45, 7) is 0. The van der Waals surface area contributed by atoms with Crippen molar-refractivity contribution in [2.75, 3.05) is 9.80 Å². The molecule has 0 amide bonds. The lowest BCUT2D eigenvalue weighted by atomic mass is 10.0. The summed E-state index contributed by atoms with van der Waals surface area (Å²) in [4.78, 5) is 4.86. The molecular formula is C44H30N2S. The van der Waals surface area contributed by atoms with Crippen molar-refractivity contribution in [2.24, 2.45) is 0 Å². The van der Waals surface area contributed by atoms with Crippen LogP contribution < -0.4 is 9.80 Å². The van der Waals surface area contributed by atoms with E-state index in [1.54, 1.807) is 0 Å². The van der Waals surface area contributed by atoms with Crippen molar-refractivity contribution in [1.82, 2.24) is 0 Å². The number of thiophene rings is 1. The molecule has 2 nitrogen and oxygen atoms in total. The van der Waals surface area contributed by atoms with Gasteiger partial charge in [-0.3, -0.25) is 0 Å². The molecule has 0 radical (unpaired) electrons. The van der Waals surface area contributed by atoms with Crippen LogP contribution in [0.2, 0.25) is 0 Å². The first kappa shape index (κ1) is 27.4. The molecule has 0 saturated carbocycles. The molecule has 0 atom stereocenters. The summed E-state index contributed by atoms with van der Waals surface area (Å²) in [7, 11) is 0. The summed E-state index contributed by atoms with van der Waals surface area (Å²) in [5.41, 5.74) is 6.95. The van der Waals surface area contributed by atoms with Crippen molar-refractivity contribution in [2.45, 2.75) is 0 Å². The molecule has 1 aromatic heterocycles. The van der Waals surface area contributed by atoms with E-state index in [4.69, 9.17) is 0 Å². The first-order valence-electron chi connectivity index (χ1n) is 16.0. The highest BCUT2D eigenvalue weighted by molar-refractivity contribution is 7.26. The van der Waals surface area contributed by atoms with Crippen molar-refractivity contribution >= 4 is 87.2 Å². The zero-order valence-corrected chi connectivity index (χ0v) is 26.4. The molecule has 47 heavy (non-hydrogen) atoms. The highest BCUT2D eigenvalue weighted by atomic mass is 32.1. The van der Waals surface area contributed by atoms with Gasteiger partial charge in [0.1, 0.15) is 0 Å². The Morgan fingerprint density at radius 2 is 0.745 bits per heavy atom. The van der Waals surface area contributed by atoms with Crippen molar-refractivity contribution in [3.63, 3.8) is 0 Å². The Hall–Kier alpha value is -5.90. The minimum absolute atomic E-state index is 1.13. The molecular weight excluding hydrogens is 589 g/mol. The normalized spacial score (nSPS) is 11.4. The number of nitrogens with zero attached hydrogens (tertiary/aromatic N) is 2. The zero-order chi connectivity index (χ0) is 31.2. The van der Waals surface area contributed by atoms with Crippen LogP contribution in [0.15, 0.2) is 182 Å². The number of fused-ring (bicyclic) bond motifs is 5. The zero-order valence-electron chi connectivity index (χ0n) is 25.6. The lowest BCUT2D eigenvalue weighted by molar-refractivity contribution is 1.31. The van der Waals surface area contributed by atoms with Crippen molar-refractivity contribution in [3.8, 4) is 0 Å². The lowest BCUT2D eigenvalue weighted by Crippen LogP contribution is -2.11. The molecule has 0 spiro atoms. The molecule has 9 aromatic rings. The highest BCUT2D eigenvalue weighted by Crippen LogP contribution is 2.50. The fourth-order valence-corrected chi connectivity index (χ4v) is 8.18. The average molecular weight is 619 g/mol. The van der Waals surface area contributed by atoms with E-state index in [-0.39, 0.29) is 0 Å². The van der Waals surface area contributed by atoms with Gasteiger partial charge in [0.2, 0.25) is 0 Å². The molecule has 222 valence electrons. The van der Waals surface area contributed by atoms with Crippen LogP contribution in [0.3, 0.4) is 0 Å². The largest absolute Gasteiger partial charge is 0.309 e. The summed E-state index contributed by atoms with van der Waals surface area (Å²) >= 11 is 1.87. The maximum absolute atomic E-state index is 2.43. The predicted octanol–water partition coefficient (Wildman–Crippen LogP) is 13.3. The van der Waals surface area contributed by atoms with Gasteiger partial charge in [-0.05, 0) is 65.4 Å². The predicted molar refractivity (Wildman–Crippen MR) is 204 cm³/mol. The number of benzene rings is 8. The molecule has 0 fully saturated rings. The summed E-state index contributed by atoms with van der Waals surface area (Å²) in [5, 5.41) is 7.41. The van der Waals surface area contributed by atoms with Gasteiger partial charge in [0, 0.05) is 37.6 Å². The summed E-state index contributed by atoms with van der Waals surface area (Å²) < 4.78 is 2.52. The third-order valence-corrected chi connectivity index (χ3v) is 10.2. The van der Waals surface area contributed by atoms with Gasteiger partial charge in [-0.25, -0.2) is 0 Å². The lowest BCUT2D eigenvalue weighted by Gasteiger charge is -2.28. The number of para-hydroxylation sites is 2. The van der Waals surface area contributed by atoms with Gasteiger partial charge in [0.05, 0.1) is 27.4 Å². The molecule has 3 heteroatoms. The molecule has 9 rings (SSSR count). The summed E-state index contributed by atoms with van der Waals surface area (Å²) in [5.74, 6) is 0. The first-order valence-corrected chi connectivity index (χ1v) is 16.8. The van der Waals surface area contributed by atoms with Crippen LogP contribution in [0, 0.1) is 0 Å². The standard InChI is InChI=1S/C44H30N2S/c1-3-19-33(20-4-1)45(38-26-11-17-31-15-7-9-23-35(31)38)40-28-14-30-42-43(40)37-25-13-29-41(44(37)47-42)46(34-21-5-2-6-22-34)39-27-12-18-32-16-8-10-24-36(32)39/h1-30H. The molecule has 0 unspecified atom stereocenters. The van der Waals surface area contributed by atoms with E-state index < -0.39 is 0 Å². The van der Waals surface area contributed by atoms with Crippen LogP contribution in [-0.2, 0) is 0 Å². The maximum Gasteiger partial charge on any atom is 0.0640 e. The molecule has 0 bridgehead atoms. The number of hydrogen-bond acceptors (Lipinski definition) is 3. The topological polar surface area (TPSA) is 6.48 Å². The van der Waals surface area contributed by atoms with E-state index in [2.05, 4.69) is 192 Å². The number of anilines is 6. The minimum atomic E-state index is 1.13. The van der Waals surface area contributed by atoms with Gasteiger partial charge < -0.3 is 9.80 Å². The Morgan fingerprint density at radius 3 is 1.36 bits per heavy atom. The first-order chi connectivity index (χ1) is 23.3. The molecule has 0 N–H and O–H groups in total. The van der Waals surface area contributed by atoms with E-state index >= 15 is 0 Å². The van der Waals surface area contributed by atoms with Gasteiger partial charge in [-0.1, -0.05) is 127 Å². The Bertz CT molecular complexity index is 2530. The Morgan fingerprint density at radius 1 is 0.319 bits per heavy atom. The van der Waals surface area contributed by atoms with Crippen LogP contribution in [0.4, 0.5) is 34.1 Å². The van der Waals surface area contributed by atoms with Crippen LogP contribution in [0.5, 0.6) is 0 Å². The van der Waals surface area contributed by atoms with E-state index in [9.17, 15) is 0 Å². The third kappa shape index (κ3) is 4.63. The van der Waals surface area contributed by atoms with E-state index in [0.717, 1.165) is 11.4 Å². The van der Waals surface area contributed by atoms with Gasteiger partial charge in [-0.2, -0.15) is 0 Å². The van der Waals surface area contributed by atoms with Crippen molar-refractivity contribution in [1.29, 1.82) is 0 Å². The second-order valence-electron chi connectivity index (χ2n) is 11.7. The molecule has 0 aliphatic rings. The SMILES string of the molecule is c1ccc(N(c2cccc3ccccc23)c2cccc3c2sc2cccc(N(c4ccccc4)c4cccc5ccccc45)c23)cc1. The quantitative estimate of drug-likeness (QED) is 0.183. The number of rotatable bonds is 6. The van der Waals surface area contributed by atoms with E-state index in [1.165, 1.54) is 64.5 Å². The molecule has 0 aliphatic carbocycles. The molecule has 1 heterocycles. The van der Waals surface area contributed by atoms with Crippen molar-refractivity contribution < 1.29 is 0 Å². The Kier molecular flexibility index (Phi) is 6.69. The van der Waals surface area contributed by atoms with E-state index in [1.807, 2.05) is 11.3 Å². The van der Waals surface area contributed by atoms with Crippen molar-refractivity contribution in [3.05, 3.63) is 182 Å². The second kappa shape index (κ2) is 11.5.